The highest BCUT2D eigenvalue weighted by molar-refractivity contribution is 5.66. The minimum atomic E-state index is 0.740. The van der Waals surface area contributed by atoms with Crippen LogP contribution in [0, 0.1) is 6.92 Å². The maximum Gasteiger partial charge on any atom is 0.151 e. The number of aryl methyl sites for hydroxylation is 1. The van der Waals surface area contributed by atoms with Crippen molar-refractivity contribution in [3.05, 3.63) is 59.7 Å². The van der Waals surface area contributed by atoms with Crippen molar-refractivity contribution in [3.8, 4) is 0 Å². The molecule has 0 atom stereocenters. The van der Waals surface area contributed by atoms with Gasteiger partial charge in [-0.3, -0.25) is 0 Å². The van der Waals surface area contributed by atoms with Gasteiger partial charge in [-0.05, 0) is 24.1 Å². The molecule has 0 spiro atoms. The zero-order valence-electron chi connectivity index (χ0n) is 8.59. The minimum Gasteiger partial charge on any atom is -0.237 e. The van der Waals surface area contributed by atoms with Gasteiger partial charge >= 0.3 is 0 Å². The third-order valence-electron chi connectivity index (χ3n) is 2.03. The predicted octanol–water partition coefficient (Wildman–Crippen LogP) is 2.96. The Hall–Kier alpha value is -1.96. The Kier molecular flexibility index (Phi) is 2.88. The van der Waals surface area contributed by atoms with Crippen molar-refractivity contribution in [1.29, 1.82) is 0 Å². The number of benzene rings is 1. The van der Waals surface area contributed by atoms with E-state index in [2.05, 4.69) is 9.97 Å². The van der Waals surface area contributed by atoms with Gasteiger partial charge < -0.3 is 0 Å². The summed E-state index contributed by atoms with van der Waals surface area (Å²) in [6.45, 7) is 1.98. The van der Waals surface area contributed by atoms with Crippen molar-refractivity contribution in [2.24, 2.45) is 0 Å². The molecule has 0 fully saturated rings. The van der Waals surface area contributed by atoms with Crippen LogP contribution in [-0.4, -0.2) is 9.97 Å². The summed E-state index contributed by atoms with van der Waals surface area (Å²) in [5.74, 6) is 0.740. The van der Waals surface area contributed by atoms with Gasteiger partial charge in [0.2, 0.25) is 0 Å². The molecule has 0 saturated carbocycles. The highest BCUT2D eigenvalue weighted by Gasteiger charge is 1.89. The summed E-state index contributed by atoms with van der Waals surface area (Å²) in [6.07, 6.45) is 7.55. The van der Waals surface area contributed by atoms with Gasteiger partial charge in [-0.1, -0.05) is 36.4 Å². The second-order valence-electron chi connectivity index (χ2n) is 3.36. The lowest BCUT2D eigenvalue weighted by Crippen LogP contribution is -1.86. The first-order valence-corrected chi connectivity index (χ1v) is 4.86. The summed E-state index contributed by atoms with van der Waals surface area (Å²) in [5.41, 5.74) is 2.23. The molecule has 1 aromatic carbocycles. The molecule has 0 aliphatic rings. The second kappa shape index (κ2) is 4.51. The summed E-state index contributed by atoms with van der Waals surface area (Å²) in [6, 6.07) is 10.1. The van der Waals surface area contributed by atoms with Crippen LogP contribution in [0.25, 0.3) is 12.2 Å². The van der Waals surface area contributed by atoms with E-state index in [1.165, 1.54) is 0 Å². The van der Waals surface area contributed by atoms with E-state index in [-0.39, 0.29) is 0 Å². The van der Waals surface area contributed by atoms with Crippen molar-refractivity contribution in [3.63, 3.8) is 0 Å². The fourth-order valence-electron chi connectivity index (χ4n) is 1.22. The third kappa shape index (κ3) is 2.74. The molecule has 1 aromatic heterocycles. The fourth-order valence-corrected chi connectivity index (χ4v) is 1.22. The molecule has 74 valence electrons. The zero-order chi connectivity index (χ0) is 10.5. The monoisotopic (exact) mass is 196 g/mol. The van der Waals surface area contributed by atoms with Crippen LogP contribution >= 0.6 is 0 Å². The molecule has 2 heteroatoms. The van der Waals surface area contributed by atoms with E-state index in [0.717, 1.165) is 17.0 Å². The van der Waals surface area contributed by atoms with E-state index in [1.54, 1.807) is 0 Å². The lowest BCUT2D eigenvalue weighted by Gasteiger charge is -1.93. The van der Waals surface area contributed by atoms with Gasteiger partial charge in [0.1, 0.15) is 0 Å². The molecule has 0 radical (unpaired) electrons. The summed E-state index contributed by atoms with van der Waals surface area (Å²) in [7, 11) is 0. The Morgan fingerprint density at radius 2 is 1.60 bits per heavy atom. The maximum absolute atomic E-state index is 4.20. The Bertz CT molecular complexity index is 444. The molecular formula is C13H12N2. The molecule has 2 aromatic rings. The average molecular weight is 196 g/mol. The SMILES string of the molecule is Cc1cnc(C=Cc2ccccc2)nc1. The fraction of sp³-hybridized carbons (Fsp3) is 0.0769. The smallest absolute Gasteiger partial charge is 0.151 e. The molecule has 0 aliphatic carbocycles. The third-order valence-corrected chi connectivity index (χ3v) is 2.03. The number of rotatable bonds is 2. The second-order valence-corrected chi connectivity index (χ2v) is 3.36. The van der Waals surface area contributed by atoms with Gasteiger partial charge in [-0.2, -0.15) is 0 Å². The van der Waals surface area contributed by atoms with E-state index < -0.39 is 0 Å². The first-order chi connectivity index (χ1) is 7.34. The zero-order valence-corrected chi connectivity index (χ0v) is 8.59. The Morgan fingerprint density at radius 1 is 0.933 bits per heavy atom. The van der Waals surface area contributed by atoms with E-state index >= 15 is 0 Å². The topological polar surface area (TPSA) is 25.8 Å². The minimum absolute atomic E-state index is 0.740. The van der Waals surface area contributed by atoms with Crippen molar-refractivity contribution >= 4 is 12.2 Å². The summed E-state index contributed by atoms with van der Waals surface area (Å²) in [5, 5.41) is 0. The van der Waals surface area contributed by atoms with Gasteiger partial charge in [-0.15, -0.1) is 0 Å². The molecule has 0 bridgehead atoms. The van der Waals surface area contributed by atoms with E-state index in [4.69, 9.17) is 0 Å². The van der Waals surface area contributed by atoms with E-state index in [1.807, 2.05) is 61.8 Å². The van der Waals surface area contributed by atoms with Gasteiger partial charge in [-0.25, -0.2) is 9.97 Å². The van der Waals surface area contributed by atoms with E-state index in [0.29, 0.717) is 0 Å². The first kappa shape index (κ1) is 9.59. The lowest BCUT2D eigenvalue weighted by atomic mass is 10.2. The van der Waals surface area contributed by atoms with Crippen LogP contribution < -0.4 is 0 Å². The standard InChI is InChI=1S/C13H12N2/c1-11-9-14-13(15-10-11)8-7-12-5-3-2-4-6-12/h2-10H,1H3. The molecule has 0 unspecified atom stereocenters. The van der Waals surface area contributed by atoms with Crippen LogP contribution in [0.15, 0.2) is 42.7 Å². The summed E-state index contributed by atoms with van der Waals surface area (Å²) in [4.78, 5) is 8.39. The summed E-state index contributed by atoms with van der Waals surface area (Å²) >= 11 is 0. The van der Waals surface area contributed by atoms with Crippen LogP contribution in [0.3, 0.4) is 0 Å². The maximum atomic E-state index is 4.20. The van der Waals surface area contributed by atoms with Crippen LogP contribution in [0.2, 0.25) is 0 Å². The molecule has 0 N–H and O–H groups in total. The quantitative estimate of drug-likeness (QED) is 0.738. The highest BCUT2D eigenvalue weighted by Crippen LogP contribution is 2.04. The molecule has 2 nitrogen and oxygen atoms in total. The van der Waals surface area contributed by atoms with Crippen LogP contribution in [0.1, 0.15) is 17.0 Å². The van der Waals surface area contributed by atoms with Crippen LogP contribution in [-0.2, 0) is 0 Å². The molecule has 0 aliphatic heterocycles. The molecule has 2 rings (SSSR count). The first-order valence-electron chi connectivity index (χ1n) is 4.86. The molecular weight excluding hydrogens is 184 g/mol. The average Bonchev–Trinajstić information content (AvgIpc) is 2.30. The molecule has 0 amide bonds. The van der Waals surface area contributed by atoms with Crippen LogP contribution in [0.4, 0.5) is 0 Å². The number of hydrogen-bond acceptors (Lipinski definition) is 2. The van der Waals surface area contributed by atoms with Crippen molar-refractivity contribution in [1.82, 2.24) is 9.97 Å². The van der Waals surface area contributed by atoms with Gasteiger partial charge in [0.05, 0.1) is 0 Å². The Balaban J connectivity index is 2.15. The van der Waals surface area contributed by atoms with Crippen molar-refractivity contribution in [2.75, 3.05) is 0 Å². The Labute approximate surface area is 89.3 Å². The van der Waals surface area contributed by atoms with Gasteiger partial charge in [0.25, 0.3) is 0 Å². The molecule has 15 heavy (non-hydrogen) atoms. The van der Waals surface area contributed by atoms with Crippen molar-refractivity contribution < 1.29 is 0 Å². The number of hydrogen-bond donors (Lipinski definition) is 0. The number of nitrogens with zero attached hydrogens (tertiary/aromatic N) is 2. The molecule has 0 saturated heterocycles. The van der Waals surface area contributed by atoms with Crippen molar-refractivity contribution in [2.45, 2.75) is 6.92 Å². The van der Waals surface area contributed by atoms with Crippen LogP contribution in [0.5, 0.6) is 0 Å². The largest absolute Gasteiger partial charge is 0.237 e. The lowest BCUT2D eigenvalue weighted by molar-refractivity contribution is 1.10. The Morgan fingerprint density at radius 3 is 2.27 bits per heavy atom. The number of aromatic nitrogens is 2. The normalized spacial score (nSPS) is 10.7. The summed E-state index contributed by atoms with van der Waals surface area (Å²) < 4.78 is 0. The molecule has 1 heterocycles. The van der Waals surface area contributed by atoms with Gasteiger partial charge in [0.15, 0.2) is 5.82 Å². The highest BCUT2D eigenvalue weighted by atomic mass is 14.8. The van der Waals surface area contributed by atoms with Gasteiger partial charge in [0, 0.05) is 12.4 Å². The van der Waals surface area contributed by atoms with E-state index in [9.17, 15) is 0 Å². The predicted molar refractivity (Wildman–Crippen MR) is 62.1 cm³/mol.